The molecule has 3 aliphatic heterocycles. The van der Waals surface area contributed by atoms with Gasteiger partial charge in [0.05, 0.1) is 23.7 Å². The lowest BCUT2D eigenvalue weighted by Crippen LogP contribution is -2.42. The fraction of sp³-hybridized carbons (Fsp3) is 0.529. The molecular weight excluding hydrogens is 282 g/mol. The van der Waals surface area contributed by atoms with Crippen molar-refractivity contribution in [3.05, 3.63) is 34.9 Å². The van der Waals surface area contributed by atoms with Gasteiger partial charge in [0.25, 0.3) is 0 Å². The van der Waals surface area contributed by atoms with Gasteiger partial charge in [0.15, 0.2) is 0 Å². The molecule has 3 aliphatic rings. The molecule has 5 heteroatoms. The van der Waals surface area contributed by atoms with E-state index in [1.54, 1.807) is 12.1 Å². The average Bonchev–Trinajstić information content (AvgIpc) is 3.16. The highest BCUT2D eigenvalue weighted by molar-refractivity contribution is 5.88. The highest BCUT2D eigenvalue weighted by Crippen LogP contribution is 2.40. The number of carbonyl (C=O) groups is 2. The fourth-order valence-corrected chi connectivity index (χ4v) is 4.01. The Bertz CT molecular complexity index is 642. The number of rotatable bonds is 2. The summed E-state index contributed by atoms with van der Waals surface area (Å²) < 4.78 is 5.79. The Balaban J connectivity index is 1.52. The predicted molar refractivity (Wildman–Crippen MR) is 78.5 cm³/mol. The number of hydrogen-bond donors (Lipinski definition) is 1. The van der Waals surface area contributed by atoms with Gasteiger partial charge in [-0.3, -0.25) is 4.79 Å². The largest absolute Gasteiger partial charge is 0.478 e. The summed E-state index contributed by atoms with van der Waals surface area (Å²) in [6.45, 7) is 1.23. The molecule has 0 aliphatic carbocycles. The molecule has 22 heavy (non-hydrogen) atoms. The van der Waals surface area contributed by atoms with Crippen LogP contribution in [-0.2, 0) is 22.5 Å². The van der Waals surface area contributed by atoms with Crippen LogP contribution in [0.25, 0.3) is 0 Å². The number of nitrogens with zero attached hydrogens (tertiary/aromatic N) is 1. The summed E-state index contributed by atoms with van der Waals surface area (Å²) in [5.41, 5.74) is 2.40. The molecule has 4 rings (SSSR count). The normalized spacial score (nSPS) is 29.5. The molecule has 5 nitrogen and oxygen atoms in total. The van der Waals surface area contributed by atoms with Crippen molar-refractivity contribution in [2.75, 3.05) is 6.54 Å². The van der Waals surface area contributed by atoms with Crippen LogP contribution in [0.4, 0.5) is 0 Å². The van der Waals surface area contributed by atoms with Crippen molar-refractivity contribution in [3.63, 3.8) is 0 Å². The molecule has 0 saturated carbocycles. The zero-order valence-electron chi connectivity index (χ0n) is 12.3. The third-order valence-corrected chi connectivity index (χ3v) is 5.20. The van der Waals surface area contributed by atoms with Gasteiger partial charge in [-0.25, -0.2) is 4.79 Å². The van der Waals surface area contributed by atoms with Gasteiger partial charge in [-0.2, -0.15) is 0 Å². The van der Waals surface area contributed by atoms with Crippen LogP contribution in [0.2, 0.25) is 0 Å². The van der Waals surface area contributed by atoms with Crippen molar-refractivity contribution < 1.29 is 19.4 Å². The molecular formula is C17H19NO4. The quantitative estimate of drug-likeness (QED) is 0.905. The van der Waals surface area contributed by atoms with Gasteiger partial charge in [0.1, 0.15) is 0 Å². The van der Waals surface area contributed by atoms with E-state index in [-0.39, 0.29) is 29.6 Å². The van der Waals surface area contributed by atoms with Crippen LogP contribution in [0.3, 0.4) is 0 Å². The number of fused-ring (bicyclic) bond motifs is 3. The zero-order valence-corrected chi connectivity index (χ0v) is 12.3. The Kier molecular flexibility index (Phi) is 3.18. The maximum atomic E-state index is 12.7. The smallest absolute Gasteiger partial charge is 0.335 e. The lowest BCUT2D eigenvalue weighted by Gasteiger charge is -2.32. The van der Waals surface area contributed by atoms with Gasteiger partial charge in [-0.15, -0.1) is 0 Å². The maximum Gasteiger partial charge on any atom is 0.335 e. The topological polar surface area (TPSA) is 66.8 Å². The SMILES string of the molecule is O=C(O)c1ccc2c(c1)CN(C(=O)C1CC3CCC1O3)CC2. The van der Waals surface area contributed by atoms with E-state index in [0.29, 0.717) is 13.1 Å². The minimum Gasteiger partial charge on any atom is -0.478 e. The summed E-state index contributed by atoms with van der Waals surface area (Å²) in [5, 5.41) is 9.11. The summed E-state index contributed by atoms with van der Waals surface area (Å²) in [4.78, 5) is 25.7. The van der Waals surface area contributed by atoms with E-state index in [4.69, 9.17) is 9.84 Å². The van der Waals surface area contributed by atoms with E-state index in [1.165, 1.54) is 0 Å². The monoisotopic (exact) mass is 301 g/mol. The second-order valence-corrected chi connectivity index (χ2v) is 6.51. The molecule has 0 aromatic heterocycles. The van der Waals surface area contributed by atoms with Gasteiger partial charge in [0.2, 0.25) is 5.91 Å². The van der Waals surface area contributed by atoms with Gasteiger partial charge in [-0.1, -0.05) is 6.07 Å². The summed E-state index contributed by atoms with van der Waals surface area (Å²) in [6.07, 6.45) is 4.09. The molecule has 2 saturated heterocycles. The first kappa shape index (κ1) is 13.8. The average molecular weight is 301 g/mol. The van der Waals surface area contributed by atoms with Gasteiger partial charge in [0, 0.05) is 13.1 Å². The number of carbonyl (C=O) groups excluding carboxylic acids is 1. The van der Waals surface area contributed by atoms with Crippen LogP contribution >= 0.6 is 0 Å². The maximum absolute atomic E-state index is 12.7. The van der Waals surface area contributed by atoms with Crippen LogP contribution in [0.15, 0.2) is 18.2 Å². The van der Waals surface area contributed by atoms with Crippen LogP contribution in [0.1, 0.15) is 40.7 Å². The molecule has 1 amide bonds. The summed E-state index contributed by atoms with van der Waals surface area (Å²) >= 11 is 0. The fourth-order valence-electron chi connectivity index (χ4n) is 4.01. The molecule has 2 bridgehead atoms. The number of carboxylic acid groups (broad SMARTS) is 1. The molecule has 3 heterocycles. The van der Waals surface area contributed by atoms with Crippen molar-refractivity contribution in [2.24, 2.45) is 5.92 Å². The molecule has 1 aromatic carbocycles. The minimum absolute atomic E-state index is 0.00274. The van der Waals surface area contributed by atoms with E-state index in [2.05, 4.69) is 0 Å². The number of aromatic carboxylic acids is 1. The van der Waals surface area contributed by atoms with Crippen molar-refractivity contribution in [1.29, 1.82) is 0 Å². The molecule has 2 fully saturated rings. The Morgan fingerprint density at radius 1 is 1.23 bits per heavy atom. The number of hydrogen-bond acceptors (Lipinski definition) is 3. The zero-order chi connectivity index (χ0) is 15.3. The minimum atomic E-state index is -0.923. The Morgan fingerprint density at radius 2 is 2.09 bits per heavy atom. The Labute approximate surface area is 128 Å². The first-order chi connectivity index (χ1) is 10.6. The summed E-state index contributed by atoms with van der Waals surface area (Å²) in [6, 6.07) is 5.22. The molecule has 1 N–H and O–H groups in total. The van der Waals surface area contributed by atoms with Gasteiger partial charge in [-0.05, 0) is 48.9 Å². The second-order valence-electron chi connectivity index (χ2n) is 6.51. The van der Waals surface area contributed by atoms with Gasteiger partial charge < -0.3 is 14.7 Å². The number of amides is 1. The lowest BCUT2D eigenvalue weighted by molar-refractivity contribution is -0.138. The molecule has 1 aromatic rings. The lowest BCUT2D eigenvalue weighted by atomic mass is 9.87. The van der Waals surface area contributed by atoms with Crippen molar-refractivity contribution in [2.45, 2.75) is 44.4 Å². The van der Waals surface area contributed by atoms with Crippen molar-refractivity contribution in [1.82, 2.24) is 4.90 Å². The summed E-state index contributed by atoms with van der Waals surface area (Å²) in [5.74, 6) is -0.741. The van der Waals surface area contributed by atoms with Crippen LogP contribution in [0.5, 0.6) is 0 Å². The van der Waals surface area contributed by atoms with Crippen LogP contribution in [0, 0.1) is 5.92 Å². The van der Waals surface area contributed by atoms with Crippen LogP contribution in [-0.4, -0.2) is 40.6 Å². The molecule has 0 radical (unpaired) electrons. The van der Waals surface area contributed by atoms with E-state index >= 15 is 0 Å². The Morgan fingerprint density at radius 3 is 2.77 bits per heavy atom. The third-order valence-electron chi connectivity index (χ3n) is 5.20. The number of carboxylic acids is 1. The second kappa shape index (κ2) is 5.09. The van der Waals surface area contributed by atoms with E-state index in [1.807, 2.05) is 11.0 Å². The van der Waals surface area contributed by atoms with Crippen LogP contribution < -0.4 is 0 Å². The van der Waals surface area contributed by atoms with E-state index < -0.39 is 5.97 Å². The highest BCUT2D eigenvalue weighted by Gasteiger charge is 2.45. The Hall–Kier alpha value is -1.88. The first-order valence-corrected chi connectivity index (χ1v) is 7.91. The van der Waals surface area contributed by atoms with Crippen molar-refractivity contribution >= 4 is 11.9 Å². The standard InChI is InChI=1S/C17H19NO4/c19-16(14-8-13-3-4-15(14)22-13)18-6-5-10-1-2-11(17(20)21)7-12(10)9-18/h1-2,7,13-15H,3-6,8-9H2,(H,20,21). The molecule has 3 atom stereocenters. The summed E-state index contributed by atoms with van der Waals surface area (Å²) in [7, 11) is 0. The first-order valence-electron chi connectivity index (χ1n) is 7.91. The van der Waals surface area contributed by atoms with Crippen molar-refractivity contribution in [3.8, 4) is 0 Å². The third kappa shape index (κ3) is 2.20. The number of ether oxygens (including phenoxy) is 1. The van der Waals surface area contributed by atoms with E-state index in [0.717, 1.165) is 36.8 Å². The van der Waals surface area contributed by atoms with E-state index in [9.17, 15) is 9.59 Å². The number of benzene rings is 1. The highest BCUT2D eigenvalue weighted by atomic mass is 16.5. The van der Waals surface area contributed by atoms with Gasteiger partial charge >= 0.3 is 5.97 Å². The molecule has 0 spiro atoms. The predicted octanol–water partition coefficient (Wildman–Crippen LogP) is 1.84. The molecule has 116 valence electrons. The molecule has 3 unspecified atom stereocenters.